The fraction of sp³-hybridized carbons (Fsp3) is 0.474. The molecule has 10 heteroatoms. The quantitative estimate of drug-likeness (QED) is 0.542. The molecule has 1 atom stereocenters. The third-order valence-electron chi connectivity index (χ3n) is 4.49. The number of nitrogens with one attached hydrogen (secondary N) is 2. The third kappa shape index (κ3) is 6.11. The number of aliphatic hydroxyl groups excluding tert-OH is 1. The molecular formula is C19H22ClF3N4O2. The number of hydrogen-bond acceptors (Lipinski definition) is 6. The Morgan fingerprint density at radius 3 is 2.52 bits per heavy atom. The van der Waals surface area contributed by atoms with E-state index in [4.69, 9.17) is 11.6 Å². The Kier molecular flexibility index (Phi) is 6.38. The number of nitrogens with zero attached hydrogens (tertiary/aromatic N) is 2. The van der Waals surface area contributed by atoms with Crippen LogP contribution in [0.3, 0.4) is 0 Å². The molecule has 3 rings (SSSR count). The summed E-state index contributed by atoms with van der Waals surface area (Å²) < 4.78 is 41.0. The zero-order chi connectivity index (χ0) is 21.2. The number of anilines is 3. The van der Waals surface area contributed by atoms with Crippen LogP contribution >= 0.6 is 11.6 Å². The highest BCUT2D eigenvalue weighted by Gasteiger charge is 2.32. The lowest BCUT2D eigenvalue weighted by Crippen LogP contribution is -2.30. The van der Waals surface area contributed by atoms with E-state index < -0.39 is 12.1 Å². The van der Waals surface area contributed by atoms with Crippen molar-refractivity contribution in [1.82, 2.24) is 9.97 Å². The maximum atomic E-state index is 12.4. The van der Waals surface area contributed by atoms with E-state index in [1.54, 1.807) is 6.07 Å². The molecule has 1 aliphatic rings. The molecule has 0 unspecified atom stereocenters. The average Bonchev–Trinajstić information content (AvgIpc) is 3.46. The van der Waals surface area contributed by atoms with Gasteiger partial charge in [-0.15, -0.1) is 13.2 Å². The van der Waals surface area contributed by atoms with Gasteiger partial charge in [0, 0.05) is 17.7 Å². The number of hydrogen-bond donors (Lipinski definition) is 3. The van der Waals surface area contributed by atoms with E-state index in [1.807, 2.05) is 13.8 Å². The van der Waals surface area contributed by atoms with E-state index in [9.17, 15) is 18.3 Å². The number of aliphatic hydroxyl groups is 1. The third-order valence-corrected chi connectivity index (χ3v) is 4.78. The summed E-state index contributed by atoms with van der Waals surface area (Å²) >= 11 is 5.91. The van der Waals surface area contributed by atoms with Crippen molar-refractivity contribution < 1.29 is 23.0 Å². The molecule has 1 aromatic heterocycles. The van der Waals surface area contributed by atoms with E-state index in [0.29, 0.717) is 23.4 Å². The average molecular weight is 431 g/mol. The molecule has 158 valence electrons. The van der Waals surface area contributed by atoms with Crippen LogP contribution in [-0.2, 0) is 0 Å². The van der Waals surface area contributed by atoms with Crippen molar-refractivity contribution in [2.24, 2.45) is 5.92 Å². The largest absolute Gasteiger partial charge is 0.573 e. The fourth-order valence-electron chi connectivity index (χ4n) is 2.71. The van der Waals surface area contributed by atoms with Crippen molar-refractivity contribution in [1.29, 1.82) is 0 Å². The summed E-state index contributed by atoms with van der Waals surface area (Å²) in [5.74, 6) is 0.913. The lowest BCUT2D eigenvalue weighted by molar-refractivity contribution is -0.274. The smallest absolute Gasteiger partial charge is 0.404 e. The Labute approximate surface area is 171 Å². The molecule has 0 amide bonds. The molecular weight excluding hydrogens is 409 g/mol. The highest BCUT2D eigenvalue weighted by atomic mass is 35.5. The monoisotopic (exact) mass is 430 g/mol. The van der Waals surface area contributed by atoms with Crippen molar-refractivity contribution in [2.45, 2.75) is 45.0 Å². The number of alkyl halides is 3. The molecule has 1 fully saturated rings. The van der Waals surface area contributed by atoms with Gasteiger partial charge in [-0.25, -0.2) is 4.98 Å². The summed E-state index contributed by atoms with van der Waals surface area (Å²) in [4.78, 5) is 8.96. The first-order valence-electron chi connectivity index (χ1n) is 9.23. The Morgan fingerprint density at radius 1 is 1.24 bits per heavy atom. The molecule has 2 aromatic rings. The second-order valence-electron chi connectivity index (χ2n) is 7.27. The van der Waals surface area contributed by atoms with Crippen molar-refractivity contribution in [3.8, 4) is 5.75 Å². The van der Waals surface area contributed by atoms with Gasteiger partial charge >= 0.3 is 6.36 Å². The first kappa shape index (κ1) is 21.4. The van der Waals surface area contributed by atoms with Gasteiger partial charge in [0.1, 0.15) is 11.6 Å². The molecule has 0 aliphatic heterocycles. The van der Waals surface area contributed by atoms with Crippen LogP contribution in [0.15, 0.2) is 24.3 Å². The number of rotatable bonds is 8. The van der Waals surface area contributed by atoms with Crippen LogP contribution < -0.4 is 15.4 Å². The summed E-state index contributed by atoms with van der Waals surface area (Å²) in [5, 5.41) is 15.6. The van der Waals surface area contributed by atoms with Gasteiger partial charge in [-0.1, -0.05) is 25.4 Å². The normalized spacial score (nSPS) is 15.3. The standard InChI is InChI=1S/C19H22ClF3N4O2/c1-10(2)15(9-28)26-18-25-14(11-3-4-11)8-17(27-18)24-12-5-6-16(13(20)7-12)29-19(21,22)23/h5-8,10-11,15,28H,3-4,9H2,1-2H3,(H2,24,25,26,27)/t15-/m1/s1. The van der Waals surface area contributed by atoms with Gasteiger partial charge in [-0.2, -0.15) is 4.98 Å². The van der Waals surface area contributed by atoms with E-state index in [2.05, 4.69) is 25.3 Å². The van der Waals surface area contributed by atoms with Crippen LogP contribution in [0.1, 0.15) is 38.3 Å². The molecule has 1 saturated carbocycles. The molecule has 6 nitrogen and oxygen atoms in total. The molecule has 3 N–H and O–H groups in total. The van der Waals surface area contributed by atoms with Gasteiger partial charge < -0.3 is 20.5 Å². The molecule has 1 aliphatic carbocycles. The fourth-order valence-corrected chi connectivity index (χ4v) is 2.92. The minimum Gasteiger partial charge on any atom is -0.404 e. The minimum absolute atomic E-state index is 0.0618. The Morgan fingerprint density at radius 2 is 1.97 bits per heavy atom. The number of aromatic nitrogens is 2. The molecule has 0 radical (unpaired) electrons. The molecule has 29 heavy (non-hydrogen) atoms. The van der Waals surface area contributed by atoms with Gasteiger partial charge in [0.15, 0.2) is 0 Å². The number of ether oxygens (including phenoxy) is 1. The lowest BCUT2D eigenvalue weighted by atomic mass is 10.1. The van der Waals surface area contributed by atoms with E-state index in [0.717, 1.165) is 24.6 Å². The van der Waals surface area contributed by atoms with Gasteiger partial charge in [0.2, 0.25) is 5.95 Å². The van der Waals surface area contributed by atoms with E-state index >= 15 is 0 Å². The van der Waals surface area contributed by atoms with Crippen LogP contribution in [0.2, 0.25) is 5.02 Å². The number of benzene rings is 1. The first-order chi connectivity index (χ1) is 13.6. The topological polar surface area (TPSA) is 79.3 Å². The Balaban J connectivity index is 1.82. The predicted octanol–water partition coefficient (Wildman–Crippen LogP) is 5.08. The van der Waals surface area contributed by atoms with Gasteiger partial charge in [0.05, 0.1) is 23.4 Å². The summed E-state index contributed by atoms with van der Waals surface area (Å²) in [7, 11) is 0. The van der Waals surface area contributed by atoms with E-state index in [1.165, 1.54) is 12.1 Å². The molecule has 0 spiro atoms. The second kappa shape index (κ2) is 8.62. The second-order valence-corrected chi connectivity index (χ2v) is 7.68. The summed E-state index contributed by atoms with van der Waals surface area (Å²) in [6.07, 6.45) is -2.73. The van der Waals surface area contributed by atoms with Gasteiger partial charge in [-0.05, 0) is 37.0 Å². The maximum absolute atomic E-state index is 12.4. The zero-order valence-electron chi connectivity index (χ0n) is 15.9. The molecule has 1 aromatic carbocycles. The van der Waals surface area contributed by atoms with Crippen LogP contribution in [0.5, 0.6) is 5.75 Å². The number of halogens is 4. The van der Waals surface area contributed by atoms with Crippen LogP contribution in [-0.4, -0.2) is 34.1 Å². The molecule has 0 bridgehead atoms. The van der Waals surface area contributed by atoms with Crippen molar-refractivity contribution >= 4 is 29.1 Å². The highest BCUT2D eigenvalue weighted by Crippen LogP contribution is 2.40. The van der Waals surface area contributed by atoms with Gasteiger partial charge in [0.25, 0.3) is 0 Å². The highest BCUT2D eigenvalue weighted by molar-refractivity contribution is 6.32. The Bertz CT molecular complexity index is 860. The van der Waals surface area contributed by atoms with Crippen molar-refractivity contribution in [2.75, 3.05) is 17.2 Å². The zero-order valence-corrected chi connectivity index (χ0v) is 16.7. The van der Waals surface area contributed by atoms with E-state index in [-0.39, 0.29) is 23.6 Å². The molecule has 0 saturated heterocycles. The Hall–Kier alpha value is -2.26. The van der Waals surface area contributed by atoms with Crippen LogP contribution in [0.4, 0.5) is 30.6 Å². The van der Waals surface area contributed by atoms with Crippen LogP contribution in [0, 0.1) is 5.92 Å². The maximum Gasteiger partial charge on any atom is 0.573 e. The van der Waals surface area contributed by atoms with Crippen molar-refractivity contribution in [3.63, 3.8) is 0 Å². The summed E-state index contributed by atoms with van der Waals surface area (Å²) in [6.45, 7) is 3.89. The molecule has 1 heterocycles. The summed E-state index contributed by atoms with van der Waals surface area (Å²) in [6, 6.07) is 5.50. The van der Waals surface area contributed by atoms with Crippen molar-refractivity contribution in [3.05, 3.63) is 35.0 Å². The lowest BCUT2D eigenvalue weighted by Gasteiger charge is -2.20. The SMILES string of the molecule is CC(C)[C@@H](CO)Nc1nc(Nc2ccc(OC(F)(F)F)c(Cl)c2)cc(C2CC2)n1. The minimum atomic E-state index is -4.81. The van der Waals surface area contributed by atoms with Gasteiger partial charge in [-0.3, -0.25) is 0 Å². The summed E-state index contributed by atoms with van der Waals surface area (Å²) in [5.41, 5.74) is 1.33. The van der Waals surface area contributed by atoms with Crippen LogP contribution in [0.25, 0.3) is 0 Å². The predicted molar refractivity (Wildman–Crippen MR) is 105 cm³/mol. The first-order valence-corrected chi connectivity index (χ1v) is 9.61.